The van der Waals surface area contributed by atoms with Gasteiger partial charge in [-0.3, -0.25) is 4.68 Å². The fraction of sp³-hybridized carbons (Fsp3) is 0.550. The number of rotatable bonds is 8. The van der Waals surface area contributed by atoms with E-state index >= 15 is 0 Å². The Morgan fingerprint density at radius 2 is 2.00 bits per heavy atom. The Labute approximate surface area is 156 Å². The van der Waals surface area contributed by atoms with E-state index in [9.17, 15) is 0 Å². The van der Waals surface area contributed by atoms with Crippen LogP contribution in [0.25, 0.3) is 11.3 Å². The molecule has 0 saturated carbocycles. The highest BCUT2D eigenvalue weighted by molar-refractivity contribution is 5.64. The van der Waals surface area contributed by atoms with E-state index in [1.807, 2.05) is 25.0 Å². The molecule has 2 aromatic rings. The van der Waals surface area contributed by atoms with Gasteiger partial charge in [-0.15, -0.1) is 0 Å². The van der Waals surface area contributed by atoms with Crippen molar-refractivity contribution >= 4 is 0 Å². The summed E-state index contributed by atoms with van der Waals surface area (Å²) in [6.45, 7) is 4.45. The molecule has 1 aromatic carbocycles. The van der Waals surface area contributed by atoms with E-state index in [1.54, 1.807) is 0 Å². The Morgan fingerprint density at radius 3 is 2.69 bits per heavy atom. The minimum atomic E-state index is 0.266. The zero-order valence-electron chi connectivity index (χ0n) is 16.1. The number of nitrogens with zero attached hydrogens (tertiary/aromatic N) is 3. The Hall–Kier alpha value is -1.89. The maximum absolute atomic E-state index is 6.08. The number of ether oxygens (including phenoxy) is 2. The van der Waals surface area contributed by atoms with Crippen LogP contribution in [0.1, 0.15) is 18.4 Å². The first-order valence-corrected chi connectivity index (χ1v) is 9.36. The standard InChI is InChI=1S/C20H30N4O2/c1-21-10-11-23(2)15-17-14-22-24(3)20(17)16-4-6-18(7-5-16)26-19-8-12-25-13-9-19/h4-7,14,19,21H,8-13,15H2,1-3H3. The van der Waals surface area contributed by atoms with Crippen molar-refractivity contribution in [2.75, 3.05) is 40.4 Å². The summed E-state index contributed by atoms with van der Waals surface area (Å²) in [6.07, 6.45) is 4.17. The molecule has 2 heterocycles. The summed E-state index contributed by atoms with van der Waals surface area (Å²) in [6, 6.07) is 8.38. The first-order valence-electron chi connectivity index (χ1n) is 9.36. The second-order valence-electron chi connectivity index (χ2n) is 6.94. The lowest BCUT2D eigenvalue weighted by Gasteiger charge is -2.23. The molecule has 0 aliphatic carbocycles. The summed E-state index contributed by atoms with van der Waals surface area (Å²) in [5.74, 6) is 0.926. The van der Waals surface area contributed by atoms with Gasteiger partial charge in [0.05, 0.1) is 25.1 Å². The van der Waals surface area contributed by atoms with Crippen molar-refractivity contribution < 1.29 is 9.47 Å². The van der Waals surface area contributed by atoms with Gasteiger partial charge < -0.3 is 19.7 Å². The molecule has 1 aliphatic heterocycles. The minimum Gasteiger partial charge on any atom is -0.490 e. The minimum absolute atomic E-state index is 0.266. The van der Waals surface area contributed by atoms with Gasteiger partial charge in [-0.05, 0) is 38.4 Å². The molecule has 26 heavy (non-hydrogen) atoms. The maximum Gasteiger partial charge on any atom is 0.119 e. The Balaban J connectivity index is 1.69. The third kappa shape index (κ3) is 4.84. The van der Waals surface area contributed by atoms with Gasteiger partial charge in [-0.1, -0.05) is 0 Å². The summed E-state index contributed by atoms with van der Waals surface area (Å²) in [7, 11) is 6.12. The zero-order chi connectivity index (χ0) is 18.4. The normalized spacial score (nSPS) is 15.5. The van der Waals surface area contributed by atoms with Crippen LogP contribution in [-0.4, -0.2) is 61.2 Å². The van der Waals surface area contributed by atoms with Crippen molar-refractivity contribution in [1.82, 2.24) is 20.0 Å². The third-order valence-electron chi connectivity index (χ3n) is 4.80. The molecule has 1 saturated heterocycles. The lowest BCUT2D eigenvalue weighted by atomic mass is 10.1. The van der Waals surface area contributed by atoms with E-state index < -0.39 is 0 Å². The second kappa shape index (κ2) is 9.16. The van der Waals surface area contributed by atoms with Gasteiger partial charge in [0.25, 0.3) is 0 Å². The predicted octanol–water partition coefficient (Wildman–Crippen LogP) is 2.30. The van der Waals surface area contributed by atoms with Crippen LogP contribution < -0.4 is 10.1 Å². The van der Waals surface area contributed by atoms with Gasteiger partial charge in [0.1, 0.15) is 11.9 Å². The molecule has 1 aliphatic rings. The highest BCUT2D eigenvalue weighted by atomic mass is 16.5. The maximum atomic E-state index is 6.08. The number of hydrogen-bond donors (Lipinski definition) is 1. The van der Waals surface area contributed by atoms with Crippen LogP contribution in [0.3, 0.4) is 0 Å². The van der Waals surface area contributed by atoms with Crippen LogP contribution >= 0.6 is 0 Å². The molecule has 1 N–H and O–H groups in total. The topological polar surface area (TPSA) is 51.6 Å². The molecule has 142 valence electrons. The molecule has 1 fully saturated rings. The van der Waals surface area contributed by atoms with E-state index in [-0.39, 0.29) is 6.10 Å². The van der Waals surface area contributed by atoms with Crippen molar-refractivity contribution in [3.8, 4) is 17.0 Å². The molecule has 0 spiro atoms. The van der Waals surface area contributed by atoms with Gasteiger partial charge >= 0.3 is 0 Å². The van der Waals surface area contributed by atoms with Crippen LogP contribution in [0.5, 0.6) is 5.75 Å². The number of benzene rings is 1. The average Bonchev–Trinajstić information content (AvgIpc) is 3.02. The number of aromatic nitrogens is 2. The van der Waals surface area contributed by atoms with Gasteiger partial charge in [0.15, 0.2) is 0 Å². The van der Waals surface area contributed by atoms with Gasteiger partial charge in [-0.2, -0.15) is 5.10 Å². The predicted molar refractivity (Wildman–Crippen MR) is 103 cm³/mol. The molecule has 6 heteroatoms. The Morgan fingerprint density at radius 1 is 1.27 bits per heavy atom. The molecule has 0 amide bonds. The van der Waals surface area contributed by atoms with Crippen LogP contribution in [-0.2, 0) is 18.3 Å². The molecule has 3 rings (SSSR count). The quantitative estimate of drug-likeness (QED) is 0.785. The van der Waals surface area contributed by atoms with Crippen LogP contribution in [0, 0.1) is 0 Å². The molecule has 0 atom stereocenters. The SMILES string of the molecule is CNCCN(C)Cc1cnn(C)c1-c1ccc(OC2CCOCC2)cc1. The highest BCUT2D eigenvalue weighted by Crippen LogP contribution is 2.27. The number of nitrogens with one attached hydrogen (secondary N) is 1. The molecule has 1 aromatic heterocycles. The molecular formula is C20H30N4O2. The second-order valence-corrected chi connectivity index (χ2v) is 6.94. The molecule has 0 bridgehead atoms. The number of aryl methyl sites for hydroxylation is 1. The third-order valence-corrected chi connectivity index (χ3v) is 4.80. The molecular weight excluding hydrogens is 328 g/mol. The summed E-state index contributed by atoms with van der Waals surface area (Å²) < 4.78 is 13.4. The largest absolute Gasteiger partial charge is 0.490 e. The molecule has 6 nitrogen and oxygen atoms in total. The van der Waals surface area contributed by atoms with Gasteiger partial charge in [0.2, 0.25) is 0 Å². The fourth-order valence-corrected chi connectivity index (χ4v) is 3.32. The monoisotopic (exact) mass is 358 g/mol. The molecule has 0 radical (unpaired) electrons. The van der Waals surface area contributed by atoms with Crippen molar-refractivity contribution in [2.45, 2.75) is 25.5 Å². The first kappa shape index (κ1) is 18.9. The summed E-state index contributed by atoms with van der Waals surface area (Å²) in [4.78, 5) is 2.31. The Bertz CT molecular complexity index is 678. The number of likely N-dealkylation sites (N-methyl/N-ethyl adjacent to an activating group) is 2. The van der Waals surface area contributed by atoms with E-state index in [0.29, 0.717) is 0 Å². The zero-order valence-corrected chi connectivity index (χ0v) is 16.1. The number of hydrogen-bond acceptors (Lipinski definition) is 5. The fourth-order valence-electron chi connectivity index (χ4n) is 3.32. The van der Waals surface area contributed by atoms with E-state index in [0.717, 1.165) is 51.4 Å². The smallest absolute Gasteiger partial charge is 0.119 e. The van der Waals surface area contributed by atoms with E-state index in [4.69, 9.17) is 9.47 Å². The lowest BCUT2D eigenvalue weighted by molar-refractivity contribution is 0.0256. The van der Waals surface area contributed by atoms with Gasteiger partial charge in [0, 0.05) is 50.7 Å². The lowest BCUT2D eigenvalue weighted by Crippen LogP contribution is -2.27. The van der Waals surface area contributed by atoms with E-state index in [1.165, 1.54) is 16.8 Å². The summed E-state index contributed by atoms with van der Waals surface area (Å²) in [5.41, 5.74) is 3.57. The average molecular weight is 358 g/mol. The first-order chi connectivity index (χ1) is 12.7. The highest BCUT2D eigenvalue weighted by Gasteiger charge is 2.16. The summed E-state index contributed by atoms with van der Waals surface area (Å²) in [5, 5.41) is 7.66. The van der Waals surface area contributed by atoms with Gasteiger partial charge in [-0.25, -0.2) is 0 Å². The van der Waals surface area contributed by atoms with Crippen molar-refractivity contribution in [3.05, 3.63) is 36.0 Å². The van der Waals surface area contributed by atoms with Crippen molar-refractivity contribution in [1.29, 1.82) is 0 Å². The summed E-state index contributed by atoms with van der Waals surface area (Å²) >= 11 is 0. The van der Waals surface area contributed by atoms with Crippen molar-refractivity contribution in [2.24, 2.45) is 7.05 Å². The van der Waals surface area contributed by atoms with E-state index in [2.05, 4.69) is 46.6 Å². The van der Waals surface area contributed by atoms with Crippen LogP contribution in [0.15, 0.2) is 30.5 Å². The Kier molecular flexibility index (Phi) is 6.66. The molecule has 0 unspecified atom stereocenters. The van der Waals surface area contributed by atoms with Crippen molar-refractivity contribution in [3.63, 3.8) is 0 Å². The van der Waals surface area contributed by atoms with Crippen LogP contribution in [0.4, 0.5) is 0 Å². The van der Waals surface area contributed by atoms with Crippen LogP contribution in [0.2, 0.25) is 0 Å².